The van der Waals surface area contributed by atoms with E-state index in [1.54, 1.807) is 11.1 Å². The quantitative estimate of drug-likeness (QED) is 0.0385. The number of hydrogen-bond donors (Lipinski definition) is 0. The fraction of sp³-hybridized carbons (Fsp3) is 0.630. The van der Waals surface area contributed by atoms with Crippen LogP contribution in [0.4, 0.5) is 0 Å². The van der Waals surface area contributed by atoms with E-state index in [2.05, 4.69) is 64.1 Å². The molecule has 6 rings (SSSR count). The molecule has 5 heterocycles. The lowest BCUT2D eigenvalue weighted by Crippen LogP contribution is -2.03. The predicted molar refractivity (Wildman–Crippen MR) is 280 cm³/mol. The van der Waals surface area contributed by atoms with Crippen molar-refractivity contribution >= 4 is 77.5 Å². The van der Waals surface area contributed by atoms with Gasteiger partial charge in [-0.15, -0.1) is 45.3 Å². The van der Waals surface area contributed by atoms with Crippen molar-refractivity contribution in [2.24, 2.45) is 0 Å². The first-order chi connectivity index (χ1) is 30.1. The second kappa shape index (κ2) is 27.4. The Labute approximate surface area is 391 Å². The summed E-state index contributed by atoms with van der Waals surface area (Å²) in [6.07, 6.45) is 41.6. The summed E-state index contributed by atoms with van der Waals surface area (Å²) in [5, 5.41) is 0. The summed E-state index contributed by atoms with van der Waals surface area (Å²) >= 11 is 9.18. The maximum Gasteiger partial charge on any atom is 0.113 e. The van der Waals surface area contributed by atoms with Crippen molar-refractivity contribution in [2.45, 2.75) is 220 Å². The maximum absolute atomic E-state index is 5.04. The molecular weight excluding hydrogens is 837 g/mol. The number of fused-ring (bicyclic) bond motifs is 2. The Morgan fingerprint density at radius 3 is 1.23 bits per heavy atom. The molecule has 61 heavy (non-hydrogen) atoms. The van der Waals surface area contributed by atoms with E-state index in [4.69, 9.17) is 8.75 Å². The van der Waals surface area contributed by atoms with Gasteiger partial charge in [0.05, 0.1) is 11.7 Å². The third-order valence-corrected chi connectivity index (χ3v) is 18.4. The third kappa shape index (κ3) is 15.1. The molecule has 0 aliphatic carbocycles. The molecule has 1 aromatic carbocycles. The molecule has 0 N–H and O–H groups in total. The highest BCUT2D eigenvalue weighted by molar-refractivity contribution is 7.33. The van der Waals surface area contributed by atoms with E-state index in [9.17, 15) is 0 Å². The minimum Gasteiger partial charge on any atom is -0.173 e. The van der Waals surface area contributed by atoms with Crippen LogP contribution in [0, 0.1) is 13.8 Å². The average Bonchev–Trinajstić information content (AvgIpc) is 4.12. The Morgan fingerprint density at radius 1 is 0.377 bits per heavy atom. The molecule has 0 saturated heterocycles. The van der Waals surface area contributed by atoms with Crippen LogP contribution in [0.3, 0.4) is 0 Å². The SMILES string of the molecule is CCCCCCCCCCCCCCCCc1c(CCCCCCCCCCCCCCCC)c(-c2ccc(-c3cc4sc(-c5ccc(C)s5)cc4s3)s2)c2nsnc2c1C. The molecule has 0 aliphatic heterocycles. The second-order valence-corrected chi connectivity index (χ2v) is 23.2. The molecule has 0 radical (unpaired) electrons. The lowest BCUT2D eigenvalue weighted by Gasteiger charge is -2.18. The summed E-state index contributed by atoms with van der Waals surface area (Å²) < 4.78 is 12.8. The zero-order valence-electron chi connectivity index (χ0n) is 38.6. The van der Waals surface area contributed by atoms with Crippen LogP contribution in [0.5, 0.6) is 0 Å². The maximum atomic E-state index is 5.04. The number of unbranched alkanes of at least 4 members (excludes halogenated alkanes) is 26. The van der Waals surface area contributed by atoms with Gasteiger partial charge in [0.25, 0.3) is 0 Å². The first-order valence-electron chi connectivity index (χ1n) is 25.0. The fourth-order valence-electron chi connectivity index (χ4n) is 9.38. The Bertz CT molecular complexity index is 2070. The molecule has 2 nitrogen and oxygen atoms in total. The van der Waals surface area contributed by atoms with Crippen molar-refractivity contribution in [1.82, 2.24) is 8.75 Å². The third-order valence-electron chi connectivity index (χ3n) is 13.0. The van der Waals surface area contributed by atoms with Crippen molar-refractivity contribution in [1.29, 1.82) is 0 Å². The first kappa shape index (κ1) is 48.6. The van der Waals surface area contributed by atoms with E-state index in [0.29, 0.717) is 0 Å². The number of aromatic nitrogens is 2. The molecule has 7 heteroatoms. The van der Waals surface area contributed by atoms with Crippen molar-refractivity contribution in [3.05, 3.63) is 58.0 Å². The molecule has 0 fully saturated rings. The van der Waals surface area contributed by atoms with Gasteiger partial charge in [-0.05, 0) is 92.6 Å². The molecule has 0 amide bonds. The molecule has 0 atom stereocenters. The van der Waals surface area contributed by atoms with Crippen molar-refractivity contribution in [3.8, 4) is 29.9 Å². The molecule has 6 aromatic rings. The number of nitrogens with zero attached hydrogens (tertiary/aromatic N) is 2. The second-order valence-electron chi connectivity index (χ2n) is 18.1. The average molecular weight is 916 g/mol. The lowest BCUT2D eigenvalue weighted by molar-refractivity contribution is 0.534. The number of aryl methyl sites for hydroxylation is 2. The van der Waals surface area contributed by atoms with Crippen LogP contribution < -0.4 is 0 Å². The van der Waals surface area contributed by atoms with Crippen molar-refractivity contribution < 1.29 is 0 Å². The van der Waals surface area contributed by atoms with Gasteiger partial charge in [-0.3, -0.25) is 0 Å². The Morgan fingerprint density at radius 2 is 0.770 bits per heavy atom. The smallest absolute Gasteiger partial charge is 0.113 e. The van der Waals surface area contributed by atoms with Crippen LogP contribution in [-0.4, -0.2) is 8.75 Å². The van der Waals surface area contributed by atoms with E-state index < -0.39 is 0 Å². The highest BCUT2D eigenvalue weighted by atomic mass is 32.1. The van der Waals surface area contributed by atoms with Crippen LogP contribution in [0.15, 0.2) is 36.4 Å². The summed E-state index contributed by atoms with van der Waals surface area (Å²) in [6.45, 7) is 9.18. The number of rotatable bonds is 33. The highest BCUT2D eigenvalue weighted by Crippen LogP contribution is 2.47. The topological polar surface area (TPSA) is 25.8 Å². The molecular formula is C54H78N2S5. The number of thiophene rings is 4. The van der Waals surface area contributed by atoms with Crippen molar-refractivity contribution in [2.75, 3.05) is 0 Å². The molecule has 0 unspecified atom stereocenters. The Balaban J connectivity index is 1.07. The summed E-state index contributed by atoms with van der Waals surface area (Å²) in [7, 11) is 0. The molecule has 0 spiro atoms. The van der Waals surface area contributed by atoms with Gasteiger partial charge in [0, 0.05) is 44.2 Å². The normalized spacial score (nSPS) is 11.9. The van der Waals surface area contributed by atoms with Crippen LogP contribution >= 0.6 is 57.1 Å². The van der Waals surface area contributed by atoms with Gasteiger partial charge in [-0.2, -0.15) is 8.75 Å². The first-order valence-corrected chi connectivity index (χ1v) is 29.0. The predicted octanol–water partition coefficient (Wildman–Crippen LogP) is 20.8. The highest BCUT2D eigenvalue weighted by Gasteiger charge is 2.23. The minimum atomic E-state index is 1.14. The van der Waals surface area contributed by atoms with E-state index in [0.717, 1.165) is 17.5 Å². The summed E-state index contributed by atoms with van der Waals surface area (Å²) in [4.78, 5) is 8.32. The zero-order valence-corrected chi connectivity index (χ0v) is 42.7. The Hall–Kier alpha value is -1.90. The largest absolute Gasteiger partial charge is 0.173 e. The standard InChI is InChI=1S/C54H78N2S5/c1-5-7-9-11-13-15-17-19-21-23-25-27-29-31-33-43-42(4)53-54(56-61-55-53)52(44(43)34-32-30-28-26-24-22-20-18-16-14-12-10-8-6-2)47-38-37-46(58-47)49-40-51-50(60-49)39-48(59-51)45-36-35-41(3)57-45/h35-40H,5-34H2,1-4H3. The van der Waals surface area contributed by atoms with Gasteiger partial charge in [-0.1, -0.05) is 181 Å². The fourth-order valence-corrected chi connectivity index (χ4v) is 14.5. The lowest BCUT2D eigenvalue weighted by atomic mass is 9.87. The minimum absolute atomic E-state index is 1.14. The Kier molecular flexibility index (Phi) is 21.8. The number of benzene rings is 1. The summed E-state index contributed by atoms with van der Waals surface area (Å²) in [5.74, 6) is 0. The monoisotopic (exact) mass is 914 g/mol. The van der Waals surface area contributed by atoms with Crippen LogP contribution in [0.1, 0.15) is 215 Å². The van der Waals surface area contributed by atoms with Crippen LogP contribution in [0.25, 0.3) is 50.4 Å². The van der Waals surface area contributed by atoms with Gasteiger partial charge < -0.3 is 0 Å². The van der Waals surface area contributed by atoms with Gasteiger partial charge in [0.2, 0.25) is 0 Å². The van der Waals surface area contributed by atoms with Gasteiger partial charge >= 0.3 is 0 Å². The molecule has 0 aliphatic rings. The van der Waals surface area contributed by atoms with Crippen LogP contribution in [0.2, 0.25) is 0 Å². The van der Waals surface area contributed by atoms with Gasteiger partial charge in [0.1, 0.15) is 11.0 Å². The molecule has 0 bridgehead atoms. The zero-order chi connectivity index (χ0) is 42.5. The summed E-state index contributed by atoms with van der Waals surface area (Å²) in [6, 6.07) is 14.2. The molecule has 334 valence electrons. The molecule has 5 aromatic heterocycles. The van der Waals surface area contributed by atoms with E-state index in [-0.39, 0.29) is 0 Å². The van der Waals surface area contributed by atoms with Gasteiger partial charge in [0.15, 0.2) is 0 Å². The number of hydrogen-bond acceptors (Lipinski definition) is 7. The van der Waals surface area contributed by atoms with Crippen molar-refractivity contribution in [3.63, 3.8) is 0 Å². The summed E-state index contributed by atoms with van der Waals surface area (Å²) in [5.41, 5.74) is 8.26. The van der Waals surface area contributed by atoms with E-state index in [1.807, 2.05) is 45.3 Å². The van der Waals surface area contributed by atoms with E-state index >= 15 is 0 Å². The van der Waals surface area contributed by atoms with Crippen LogP contribution in [-0.2, 0) is 12.8 Å². The van der Waals surface area contributed by atoms with Gasteiger partial charge in [-0.25, -0.2) is 0 Å². The van der Waals surface area contributed by atoms with E-state index in [1.165, 1.54) is 248 Å². The molecule has 0 saturated carbocycles.